The Kier molecular flexibility index (Phi) is 19.7. The summed E-state index contributed by atoms with van der Waals surface area (Å²) < 4.78 is 48.2. The molecule has 10 nitrogen and oxygen atoms in total. The van der Waals surface area contributed by atoms with Crippen molar-refractivity contribution in [2.45, 2.75) is 134 Å². The van der Waals surface area contributed by atoms with Crippen LogP contribution in [0.15, 0.2) is 40.8 Å². The lowest BCUT2D eigenvalue weighted by Crippen LogP contribution is -2.43. The second kappa shape index (κ2) is 23.4. The number of hydrogen-bond donors (Lipinski definition) is 0. The van der Waals surface area contributed by atoms with Gasteiger partial charge in [-0.05, 0) is 37.3 Å². The Bertz CT molecular complexity index is 1230. The van der Waals surface area contributed by atoms with Gasteiger partial charge in [0.15, 0.2) is 0 Å². The molecule has 3 atom stereocenters. The zero-order valence-electron chi connectivity index (χ0n) is 30.0. The Morgan fingerprint density at radius 1 is 0.918 bits per heavy atom. The Hall–Kier alpha value is -2.12. The lowest BCUT2D eigenvalue weighted by atomic mass is 10.0. The highest BCUT2D eigenvalue weighted by Crippen LogP contribution is 2.29. The largest absolute Gasteiger partial charge is 0.446 e. The number of imide groups is 1. The van der Waals surface area contributed by atoms with Crippen molar-refractivity contribution in [3.05, 3.63) is 41.4 Å². The van der Waals surface area contributed by atoms with E-state index < -0.39 is 27.7 Å². The van der Waals surface area contributed by atoms with Crippen LogP contribution < -0.4 is 0 Å². The number of carbonyl (C=O) groups is 2. The standard InChI is InChI=1S/C37H60N2O8S2/c1-4-5-6-7-8-9-10-11-12-13-14-15-16-17-25-44-28-33-27-34(45-29-33)30-46-36(41)39(32(3)40)23-22-38-24-26-48-37(38)47-49(42,43)35-20-18-31(2)19-21-35/h18-21,24,26,33-34,37H,4-17,22-23,25,27-30H2,1-3H3. The molecule has 1 fully saturated rings. The van der Waals surface area contributed by atoms with Gasteiger partial charge in [0, 0.05) is 38.7 Å². The summed E-state index contributed by atoms with van der Waals surface area (Å²) in [5.41, 5.74) is 0.0872. The van der Waals surface area contributed by atoms with Crippen LogP contribution in [-0.4, -0.2) is 81.4 Å². The molecule has 0 aliphatic carbocycles. The monoisotopic (exact) mass is 724 g/mol. The molecule has 12 heteroatoms. The van der Waals surface area contributed by atoms with Gasteiger partial charge in [0.2, 0.25) is 11.5 Å². The summed E-state index contributed by atoms with van der Waals surface area (Å²) in [7, 11) is -4.00. The zero-order chi connectivity index (χ0) is 35.3. The van der Waals surface area contributed by atoms with E-state index in [2.05, 4.69) is 6.92 Å². The number of aryl methyl sites for hydroxylation is 1. The van der Waals surface area contributed by atoms with E-state index in [1.54, 1.807) is 28.6 Å². The number of rotatable bonds is 25. The van der Waals surface area contributed by atoms with E-state index in [9.17, 15) is 18.0 Å². The molecule has 0 N–H and O–H groups in total. The Labute approximate surface area is 299 Å². The fourth-order valence-electron chi connectivity index (χ4n) is 5.95. The maximum atomic E-state index is 12.8. The first-order valence-corrected chi connectivity index (χ1v) is 20.8. The molecule has 0 saturated carbocycles. The van der Waals surface area contributed by atoms with Crippen LogP contribution in [0.1, 0.15) is 116 Å². The number of nitrogens with zero attached hydrogens (tertiary/aromatic N) is 2. The summed E-state index contributed by atoms with van der Waals surface area (Å²) in [5, 5.41) is 1.71. The Morgan fingerprint density at radius 2 is 1.53 bits per heavy atom. The molecule has 2 aliphatic rings. The highest BCUT2D eigenvalue weighted by molar-refractivity contribution is 8.03. The first-order valence-electron chi connectivity index (χ1n) is 18.4. The predicted molar refractivity (Wildman–Crippen MR) is 194 cm³/mol. The molecule has 1 aromatic carbocycles. The van der Waals surface area contributed by atoms with E-state index in [0.717, 1.165) is 29.9 Å². The fraction of sp³-hybridized carbons (Fsp3) is 0.730. The van der Waals surface area contributed by atoms with Gasteiger partial charge in [0.25, 0.3) is 10.1 Å². The van der Waals surface area contributed by atoms with Gasteiger partial charge in [-0.25, -0.2) is 13.9 Å². The number of hydrogen-bond acceptors (Lipinski definition) is 10. The number of carbonyl (C=O) groups excluding carboxylic acids is 2. The SMILES string of the molecule is CCCCCCCCCCCCCCCCOCC1COC(COC(=O)N(CCN2C=CSC2OS(=O)(=O)c2ccc(C)cc2)C(C)=O)C1. The van der Waals surface area contributed by atoms with Gasteiger partial charge < -0.3 is 19.1 Å². The quantitative estimate of drug-likeness (QED) is 0.0720. The molecular weight excluding hydrogens is 665 g/mol. The predicted octanol–water partition coefficient (Wildman–Crippen LogP) is 8.39. The third-order valence-electron chi connectivity index (χ3n) is 8.97. The summed E-state index contributed by atoms with van der Waals surface area (Å²) in [6.45, 7) is 7.62. The molecule has 0 bridgehead atoms. The van der Waals surface area contributed by atoms with Crippen molar-refractivity contribution in [3.8, 4) is 0 Å². The molecule has 0 radical (unpaired) electrons. The first-order chi connectivity index (χ1) is 23.7. The zero-order valence-corrected chi connectivity index (χ0v) is 31.7. The molecule has 1 aromatic rings. The van der Waals surface area contributed by atoms with Gasteiger partial charge in [0.1, 0.15) is 6.61 Å². The third-order valence-corrected chi connectivity index (χ3v) is 11.3. The van der Waals surface area contributed by atoms with Crippen molar-refractivity contribution in [1.29, 1.82) is 0 Å². The van der Waals surface area contributed by atoms with Gasteiger partial charge >= 0.3 is 6.09 Å². The van der Waals surface area contributed by atoms with E-state index in [4.69, 9.17) is 18.4 Å². The van der Waals surface area contributed by atoms with Crippen molar-refractivity contribution >= 4 is 33.9 Å². The van der Waals surface area contributed by atoms with E-state index >= 15 is 0 Å². The minimum Gasteiger partial charge on any atom is -0.446 e. The van der Waals surface area contributed by atoms with Gasteiger partial charge in [-0.2, -0.15) is 8.42 Å². The molecule has 2 amide bonds. The molecule has 49 heavy (non-hydrogen) atoms. The van der Waals surface area contributed by atoms with Crippen molar-refractivity contribution in [1.82, 2.24) is 9.80 Å². The average molecular weight is 725 g/mol. The second-order valence-electron chi connectivity index (χ2n) is 13.3. The van der Waals surface area contributed by atoms with Crippen molar-refractivity contribution < 1.29 is 36.4 Å². The van der Waals surface area contributed by atoms with Crippen LogP contribution in [0.4, 0.5) is 4.79 Å². The summed E-state index contributed by atoms with van der Waals surface area (Å²) in [4.78, 5) is 27.8. The summed E-state index contributed by atoms with van der Waals surface area (Å²) >= 11 is 1.18. The Morgan fingerprint density at radius 3 is 2.14 bits per heavy atom. The number of unbranched alkanes of at least 4 members (excludes halogenated alkanes) is 13. The van der Waals surface area contributed by atoms with E-state index in [1.807, 2.05) is 6.92 Å². The van der Waals surface area contributed by atoms with Crippen LogP contribution in [0.2, 0.25) is 0 Å². The van der Waals surface area contributed by atoms with E-state index in [1.165, 1.54) is 114 Å². The Balaban J connectivity index is 1.22. The van der Waals surface area contributed by atoms with Crippen LogP contribution in [0.25, 0.3) is 0 Å². The number of ether oxygens (including phenoxy) is 3. The maximum absolute atomic E-state index is 12.8. The van der Waals surface area contributed by atoms with Crippen LogP contribution in [-0.2, 0) is 33.3 Å². The molecule has 2 aliphatic heterocycles. The van der Waals surface area contributed by atoms with Crippen LogP contribution >= 0.6 is 11.8 Å². The van der Waals surface area contributed by atoms with Gasteiger partial charge in [-0.1, -0.05) is 120 Å². The minimum atomic E-state index is -4.00. The normalized spacial score (nSPS) is 19.1. The number of thioether (sulfide) groups is 1. The molecule has 0 spiro atoms. The second-order valence-corrected chi connectivity index (χ2v) is 15.8. The molecule has 3 rings (SSSR count). The van der Waals surface area contributed by atoms with Crippen LogP contribution in [0.5, 0.6) is 0 Å². The molecular formula is C37H60N2O8S2. The number of benzene rings is 1. The molecule has 2 heterocycles. The van der Waals surface area contributed by atoms with Gasteiger partial charge in [0.05, 0.1) is 24.2 Å². The summed E-state index contributed by atoms with van der Waals surface area (Å²) in [6.07, 6.45) is 20.1. The minimum absolute atomic E-state index is 0.00471. The van der Waals surface area contributed by atoms with Gasteiger partial charge in [-0.15, -0.1) is 0 Å². The molecule has 1 saturated heterocycles. The molecule has 278 valence electrons. The van der Waals surface area contributed by atoms with Crippen molar-refractivity contribution in [3.63, 3.8) is 0 Å². The average Bonchev–Trinajstić information content (AvgIpc) is 3.72. The third kappa shape index (κ3) is 16.2. The maximum Gasteiger partial charge on any atom is 0.416 e. The first kappa shape index (κ1) is 41.3. The smallest absolute Gasteiger partial charge is 0.416 e. The topological polar surface area (TPSA) is 112 Å². The highest BCUT2D eigenvalue weighted by Gasteiger charge is 2.31. The highest BCUT2D eigenvalue weighted by atomic mass is 32.2. The van der Waals surface area contributed by atoms with Crippen LogP contribution in [0, 0.1) is 12.8 Å². The molecule has 0 aromatic heterocycles. The van der Waals surface area contributed by atoms with E-state index in [0.29, 0.717) is 13.2 Å². The lowest BCUT2D eigenvalue weighted by Gasteiger charge is -2.27. The van der Waals surface area contributed by atoms with Crippen molar-refractivity contribution in [2.24, 2.45) is 5.92 Å². The summed E-state index contributed by atoms with van der Waals surface area (Å²) in [6, 6.07) is 6.41. The van der Waals surface area contributed by atoms with Gasteiger partial charge in [-0.3, -0.25) is 4.79 Å². The van der Waals surface area contributed by atoms with E-state index in [-0.39, 0.29) is 36.6 Å². The number of amides is 2. The summed E-state index contributed by atoms with van der Waals surface area (Å²) in [5.74, 6) is -0.209. The lowest BCUT2D eigenvalue weighted by molar-refractivity contribution is -0.127. The molecule has 3 unspecified atom stereocenters. The van der Waals surface area contributed by atoms with Crippen molar-refractivity contribution in [2.75, 3.05) is 39.5 Å². The fourth-order valence-corrected chi connectivity index (χ4v) is 8.04. The van der Waals surface area contributed by atoms with Crippen LogP contribution in [0.3, 0.4) is 0 Å².